The molecule has 0 radical (unpaired) electrons. The third kappa shape index (κ3) is 2.68. The average Bonchev–Trinajstić information content (AvgIpc) is 2.28. The van der Waals surface area contributed by atoms with Crippen molar-refractivity contribution >= 4 is 11.7 Å². The number of halogens is 1. The average molecular weight is 245 g/mol. The topological polar surface area (TPSA) is 54.9 Å². The summed E-state index contributed by atoms with van der Waals surface area (Å²) < 4.78 is 12.9. The van der Waals surface area contributed by atoms with Gasteiger partial charge in [-0.2, -0.15) is 4.39 Å². The number of carbonyl (C=O) groups is 1. The van der Waals surface area contributed by atoms with Crippen LogP contribution in [0.25, 0.3) is 0 Å². The highest BCUT2D eigenvalue weighted by Crippen LogP contribution is 2.10. The SMILES string of the molecule is Cc1ccc(C(=O)Nc2cccc(F)n2)c(C)n1. The largest absolute Gasteiger partial charge is 0.306 e. The first kappa shape index (κ1) is 12.2. The van der Waals surface area contributed by atoms with E-state index in [0.717, 1.165) is 5.69 Å². The Morgan fingerprint density at radius 3 is 2.61 bits per heavy atom. The van der Waals surface area contributed by atoms with E-state index in [4.69, 9.17) is 0 Å². The molecule has 0 aliphatic carbocycles. The molecule has 0 fully saturated rings. The number of rotatable bonds is 2. The monoisotopic (exact) mass is 245 g/mol. The molecule has 2 heterocycles. The van der Waals surface area contributed by atoms with Crippen LogP contribution in [-0.2, 0) is 0 Å². The first-order valence-corrected chi connectivity index (χ1v) is 5.44. The smallest absolute Gasteiger partial charge is 0.258 e. The number of aryl methyl sites for hydroxylation is 2. The van der Waals surface area contributed by atoms with E-state index >= 15 is 0 Å². The van der Waals surface area contributed by atoms with E-state index in [1.807, 2.05) is 6.92 Å². The first-order chi connectivity index (χ1) is 8.56. The molecule has 4 nitrogen and oxygen atoms in total. The second-order valence-corrected chi connectivity index (χ2v) is 3.89. The molecule has 0 spiro atoms. The lowest BCUT2D eigenvalue weighted by Crippen LogP contribution is -2.15. The summed E-state index contributed by atoms with van der Waals surface area (Å²) in [7, 11) is 0. The molecule has 0 unspecified atom stereocenters. The van der Waals surface area contributed by atoms with Crippen molar-refractivity contribution in [3.05, 3.63) is 53.2 Å². The zero-order valence-corrected chi connectivity index (χ0v) is 10.1. The Morgan fingerprint density at radius 1 is 1.17 bits per heavy atom. The Labute approximate surface area is 104 Å². The molecular weight excluding hydrogens is 233 g/mol. The number of anilines is 1. The van der Waals surface area contributed by atoms with Crippen LogP contribution < -0.4 is 5.32 Å². The molecule has 0 aliphatic rings. The Morgan fingerprint density at radius 2 is 1.94 bits per heavy atom. The normalized spacial score (nSPS) is 10.2. The van der Waals surface area contributed by atoms with E-state index in [1.54, 1.807) is 19.1 Å². The van der Waals surface area contributed by atoms with Crippen LogP contribution in [0.5, 0.6) is 0 Å². The van der Waals surface area contributed by atoms with E-state index in [1.165, 1.54) is 18.2 Å². The number of carbonyl (C=O) groups excluding carboxylic acids is 1. The number of nitrogens with zero attached hydrogens (tertiary/aromatic N) is 2. The predicted molar refractivity (Wildman–Crippen MR) is 65.9 cm³/mol. The Kier molecular flexibility index (Phi) is 3.32. The highest BCUT2D eigenvalue weighted by Gasteiger charge is 2.11. The predicted octanol–water partition coefficient (Wildman–Crippen LogP) is 2.48. The van der Waals surface area contributed by atoms with Crippen LogP contribution in [0.2, 0.25) is 0 Å². The highest BCUT2D eigenvalue weighted by molar-refractivity contribution is 6.04. The highest BCUT2D eigenvalue weighted by atomic mass is 19.1. The number of nitrogens with one attached hydrogen (secondary N) is 1. The van der Waals surface area contributed by atoms with Crippen molar-refractivity contribution < 1.29 is 9.18 Å². The van der Waals surface area contributed by atoms with Gasteiger partial charge in [0.05, 0.1) is 11.3 Å². The van der Waals surface area contributed by atoms with Crippen molar-refractivity contribution in [1.29, 1.82) is 0 Å². The van der Waals surface area contributed by atoms with Gasteiger partial charge in [-0.1, -0.05) is 6.07 Å². The molecule has 1 amide bonds. The summed E-state index contributed by atoms with van der Waals surface area (Å²) in [5, 5.41) is 2.53. The van der Waals surface area contributed by atoms with E-state index in [2.05, 4.69) is 15.3 Å². The summed E-state index contributed by atoms with van der Waals surface area (Å²) in [5.74, 6) is -0.801. The lowest BCUT2D eigenvalue weighted by molar-refractivity contribution is 0.102. The van der Waals surface area contributed by atoms with Gasteiger partial charge in [0.25, 0.3) is 5.91 Å². The van der Waals surface area contributed by atoms with Crippen LogP contribution >= 0.6 is 0 Å². The maximum absolute atomic E-state index is 12.9. The van der Waals surface area contributed by atoms with Crippen LogP contribution in [0.4, 0.5) is 10.2 Å². The molecule has 0 saturated heterocycles. The van der Waals surface area contributed by atoms with Crippen molar-refractivity contribution in [3.63, 3.8) is 0 Å². The lowest BCUT2D eigenvalue weighted by Gasteiger charge is -2.07. The molecule has 2 aromatic heterocycles. The summed E-state index contributed by atoms with van der Waals surface area (Å²) in [5.41, 5.74) is 1.92. The minimum atomic E-state index is -0.633. The van der Waals surface area contributed by atoms with Gasteiger partial charge in [-0.15, -0.1) is 0 Å². The number of aromatic nitrogens is 2. The van der Waals surface area contributed by atoms with Crippen molar-refractivity contribution in [3.8, 4) is 0 Å². The second-order valence-electron chi connectivity index (χ2n) is 3.89. The maximum atomic E-state index is 12.9. The second kappa shape index (κ2) is 4.91. The number of hydrogen-bond donors (Lipinski definition) is 1. The lowest BCUT2D eigenvalue weighted by atomic mass is 10.2. The van der Waals surface area contributed by atoms with Crippen molar-refractivity contribution in [2.45, 2.75) is 13.8 Å². The molecule has 0 saturated carbocycles. The fourth-order valence-electron chi connectivity index (χ4n) is 1.59. The van der Waals surface area contributed by atoms with Crippen LogP contribution in [0, 0.1) is 19.8 Å². The van der Waals surface area contributed by atoms with Crippen molar-refractivity contribution in [1.82, 2.24) is 9.97 Å². The van der Waals surface area contributed by atoms with Crippen molar-refractivity contribution in [2.24, 2.45) is 0 Å². The first-order valence-electron chi connectivity index (χ1n) is 5.44. The van der Waals surface area contributed by atoms with Gasteiger partial charge in [0.1, 0.15) is 5.82 Å². The van der Waals surface area contributed by atoms with E-state index in [9.17, 15) is 9.18 Å². The molecular formula is C13H12FN3O. The molecule has 5 heteroatoms. The van der Waals surface area contributed by atoms with Gasteiger partial charge in [-0.25, -0.2) is 4.98 Å². The number of pyridine rings is 2. The molecule has 0 aliphatic heterocycles. The quantitative estimate of drug-likeness (QED) is 0.827. The minimum Gasteiger partial charge on any atom is -0.306 e. The summed E-state index contributed by atoms with van der Waals surface area (Å²) in [6.45, 7) is 3.60. The van der Waals surface area contributed by atoms with Gasteiger partial charge in [0, 0.05) is 5.69 Å². The summed E-state index contributed by atoms with van der Waals surface area (Å²) in [4.78, 5) is 19.7. The van der Waals surface area contributed by atoms with E-state index in [-0.39, 0.29) is 11.7 Å². The Bertz CT molecular complexity index is 599. The van der Waals surface area contributed by atoms with Gasteiger partial charge in [0.15, 0.2) is 0 Å². The molecule has 1 N–H and O–H groups in total. The van der Waals surface area contributed by atoms with Gasteiger partial charge in [-0.3, -0.25) is 9.78 Å². The van der Waals surface area contributed by atoms with Gasteiger partial charge >= 0.3 is 0 Å². The summed E-state index contributed by atoms with van der Waals surface area (Å²) in [6, 6.07) is 7.66. The zero-order chi connectivity index (χ0) is 13.1. The number of hydrogen-bond acceptors (Lipinski definition) is 3. The summed E-state index contributed by atoms with van der Waals surface area (Å²) >= 11 is 0. The van der Waals surface area contributed by atoms with Crippen molar-refractivity contribution in [2.75, 3.05) is 5.32 Å². The van der Waals surface area contributed by atoms with Crippen LogP contribution in [0.1, 0.15) is 21.7 Å². The minimum absolute atomic E-state index is 0.181. The molecule has 0 bridgehead atoms. The molecule has 2 aromatic rings. The maximum Gasteiger partial charge on any atom is 0.258 e. The summed E-state index contributed by atoms with van der Waals surface area (Å²) in [6.07, 6.45) is 0. The standard InChI is InChI=1S/C13H12FN3O/c1-8-6-7-10(9(2)15-8)13(18)17-12-5-3-4-11(14)16-12/h3-7H,1-2H3,(H,16,17,18). The fourth-order valence-corrected chi connectivity index (χ4v) is 1.59. The third-order valence-electron chi connectivity index (χ3n) is 2.43. The van der Waals surface area contributed by atoms with Gasteiger partial charge in [-0.05, 0) is 38.1 Å². The zero-order valence-electron chi connectivity index (χ0n) is 10.1. The molecule has 18 heavy (non-hydrogen) atoms. The van der Waals surface area contributed by atoms with E-state index < -0.39 is 5.95 Å². The van der Waals surface area contributed by atoms with Gasteiger partial charge < -0.3 is 5.32 Å². The Balaban J connectivity index is 2.22. The molecule has 0 atom stereocenters. The molecule has 2 rings (SSSR count). The third-order valence-corrected chi connectivity index (χ3v) is 2.43. The number of amides is 1. The molecule has 92 valence electrons. The Hall–Kier alpha value is -2.30. The molecule has 0 aromatic carbocycles. The fraction of sp³-hybridized carbons (Fsp3) is 0.154. The van der Waals surface area contributed by atoms with Crippen LogP contribution in [0.3, 0.4) is 0 Å². The van der Waals surface area contributed by atoms with Gasteiger partial charge in [0.2, 0.25) is 5.95 Å². The van der Waals surface area contributed by atoms with Crippen LogP contribution in [0.15, 0.2) is 30.3 Å². The van der Waals surface area contributed by atoms with E-state index in [0.29, 0.717) is 11.3 Å². The van der Waals surface area contributed by atoms with Crippen LogP contribution in [-0.4, -0.2) is 15.9 Å².